The van der Waals surface area contributed by atoms with Crippen molar-refractivity contribution >= 4 is 11.8 Å². The molecule has 122 valence electrons. The first kappa shape index (κ1) is 14.5. The molecule has 2 saturated carbocycles. The average molecular weight is 304 g/mol. The number of carbonyl (C=O) groups is 2. The first-order valence-corrected chi connectivity index (χ1v) is 9.29. The van der Waals surface area contributed by atoms with Crippen molar-refractivity contribution in [2.75, 3.05) is 13.1 Å². The summed E-state index contributed by atoms with van der Waals surface area (Å²) in [5.74, 6) is 2.22. The highest BCUT2D eigenvalue weighted by atomic mass is 16.2. The largest absolute Gasteiger partial charge is 0.339 e. The molecule has 2 aliphatic carbocycles. The second kappa shape index (κ2) is 5.86. The Balaban J connectivity index is 1.15. The number of fused-ring (bicyclic) bond motifs is 4. The number of rotatable bonds is 5. The molecule has 4 heteroatoms. The molecule has 0 aromatic carbocycles. The minimum atomic E-state index is 0.333. The summed E-state index contributed by atoms with van der Waals surface area (Å²) in [5.41, 5.74) is 0. The van der Waals surface area contributed by atoms with Crippen LogP contribution in [0.2, 0.25) is 0 Å². The summed E-state index contributed by atoms with van der Waals surface area (Å²) in [7, 11) is 0. The zero-order chi connectivity index (χ0) is 15.1. The lowest BCUT2D eigenvalue weighted by molar-refractivity contribution is -0.134. The third-order valence-electron chi connectivity index (χ3n) is 6.49. The van der Waals surface area contributed by atoms with Crippen LogP contribution >= 0.6 is 0 Å². The number of hydrogen-bond donors (Lipinski definition) is 0. The molecule has 2 aliphatic heterocycles. The fourth-order valence-electron chi connectivity index (χ4n) is 5.30. The second-order valence-electron chi connectivity index (χ2n) is 7.97. The lowest BCUT2D eigenvalue weighted by atomic mass is 10.1. The molecule has 4 atom stereocenters. The highest BCUT2D eigenvalue weighted by Gasteiger charge is 2.40. The van der Waals surface area contributed by atoms with Crippen molar-refractivity contribution in [1.29, 1.82) is 0 Å². The van der Waals surface area contributed by atoms with Gasteiger partial charge in [-0.2, -0.15) is 0 Å². The SMILES string of the molecule is O=C(CCCCC(=O)N1C[C@H]2CC[C@H]1C2)N1C[C@H]2CC[C@H]1C2. The van der Waals surface area contributed by atoms with Crippen molar-refractivity contribution in [3.05, 3.63) is 0 Å². The van der Waals surface area contributed by atoms with E-state index < -0.39 is 0 Å². The topological polar surface area (TPSA) is 40.6 Å². The monoisotopic (exact) mass is 304 g/mol. The van der Waals surface area contributed by atoms with E-state index in [2.05, 4.69) is 9.80 Å². The number of carbonyl (C=O) groups excluding carboxylic acids is 2. The Bertz CT molecular complexity index is 422. The van der Waals surface area contributed by atoms with Crippen molar-refractivity contribution < 1.29 is 9.59 Å². The summed E-state index contributed by atoms with van der Waals surface area (Å²) in [6.07, 6.45) is 10.6. The van der Waals surface area contributed by atoms with Gasteiger partial charge in [-0.15, -0.1) is 0 Å². The average Bonchev–Trinajstić information content (AvgIpc) is 3.30. The van der Waals surface area contributed by atoms with Crippen molar-refractivity contribution in [2.45, 2.75) is 76.3 Å². The molecule has 0 radical (unpaired) electrons. The van der Waals surface area contributed by atoms with E-state index in [0.717, 1.165) is 37.8 Å². The van der Waals surface area contributed by atoms with E-state index in [4.69, 9.17) is 0 Å². The fourth-order valence-corrected chi connectivity index (χ4v) is 5.30. The highest BCUT2D eigenvalue weighted by molar-refractivity contribution is 5.78. The standard InChI is InChI=1S/C18H28N2O2/c21-17(19-11-13-5-7-15(19)9-13)3-1-2-4-18(22)20-12-14-6-8-16(20)10-14/h13-16H,1-12H2/t13-,14-,15-,16-/m0/s1. The smallest absolute Gasteiger partial charge is 0.222 e. The van der Waals surface area contributed by atoms with E-state index in [1.165, 1.54) is 38.5 Å². The Kier molecular flexibility index (Phi) is 3.87. The van der Waals surface area contributed by atoms with Crippen LogP contribution in [0.4, 0.5) is 0 Å². The number of amides is 2. The molecule has 2 amide bonds. The van der Waals surface area contributed by atoms with E-state index in [9.17, 15) is 9.59 Å². The first-order valence-electron chi connectivity index (χ1n) is 9.29. The van der Waals surface area contributed by atoms with Crippen LogP contribution in [0.1, 0.15) is 64.2 Å². The summed E-state index contributed by atoms with van der Waals surface area (Å²) in [6, 6.07) is 1.08. The summed E-state index contributed by atoms with van der Waals surface area (Å²) in [4.78, 5) is 28.8. The highest BCUT2D eigenvalue weighted by Crippen LogP contribution is 2.38. The van der Waals surface area contributed by atoms with E-state index in [1.54, 1.807) is 0 Å². The Hall–Kier alpha value is -1.06. The number of unbranched alkanes of at least 4 members (excludes halogenated alkanes) is 1. The fraction of sp³-hybridized carbons (Fsp3) is 0.889. The molecule has 4 fully saturated rings. The van der Waals surface area contributed by atoms with Gasteiger partial charge in [-0.1, -0.05) is 0 Å². The van der Waals surface area contributed by atoms with Crippen molar-refractivity contribution in [2.24, 2.45) is 11.8 Å². The minimum Gasteiger partial charge on any atom is -0.339 e. The summed E-state index contributed by atoms with van der Waals surface area (Å²) < 4.78 is 0. The normalized spacial score (nSPS) is 35.6. The van der Waals surface area contributed by atoms with Crippen LogP contribution in [0.3, 0.4) is 0 Å². The molecule has 4 rings (SSSR count). The maximum absolute atomic E-state index is 12.3. The lowest BCUT2D eigenvalue weighted by Crippen LogP contribution is -2.38. The van der Waals surface area contributed by atoms with Gasteiger partial charge in [-0.05, 0) is 63.2 Å². The second-order valence-corrected chi connectivity index (χ2v) is 7.97. The van der Waals surface area contributed by atoms with Gasteiger partial charge in [-0.25, -0.2) is 0 Å². The van der Waals surface area contributed by atoms with Crippen LogP contribution in [0, 0.1) is 11.8 Å². The Morgan fingerprint density at radius 2 is 1.18 bits per heavy atom. The van der Waals surface area contributed by atoms with Gasteiger partial charge in [0.25, 0.3) is 0 Å². The third kappa shape index (κ3) is 2.65. The summed E-state index contributed by atoms with van der Waals surface area (Å²) >= 11 is 0. The number of piperidine rings is 2. The number of hydrogen-bond acceptors (Lipinski definition) is 2. The molecular weight excluding hydrogens is 276 g/mol. The van der Waals surface area contributed by atoms with Crippen LogP contribution in [0.5, 0.6) is 0 Å². The van der Waals surface area contributed by atoms with Crippen molar-refractivity contribution in [1.82, 2.24) is 9.80 Å². The predicted molar refractivity (Wildman–Crippen MR) is 84.2 cm³/mol. The lowest BCUT2D eigenvalue weighted by Gasteiger charge is -2.28. The molecule has 4 nitrogen and oxygen atoms in total. The zero-order valence-corrected chi connectivity index (χ0v) is 13.5. The predicted octanol–water partition coefficient (Wildman–Crippen LogP) is 2.57. The van der Waals surface area contributed by atoms with E-state index in [1.807, 2.05) is 0 Å². The van der Waals surface area contributed by atoms with E-state index in [0.29, 0.717) is 36.7 Å². The third-order valence-corrected chi connectivity index (χ3v) is 6.49. The van der Waals surface area contributed by atoms with Gasteiger partial charge >= 0.3 is 0 Å². The molecule has 22 heavy (non-hydrogen) atoms. The zero-order valence-electron chi connectivity index (χ0n) is 13.5. The van der Waals surface area contributed by atoms with E-state index in [-0.39, 0.29) is 0 Å². The van der Waals surface area contributed by atoms with Crippen molar-refractivity contribution in [3.63, 3.8) is 0 Å². The maximum atomic E-state index is 12.3. The number of nitrogens with zero attached hydrogens (tertiary/aromatic N) is 2. The van der Waals surface area contributed by atoms with Gasteiger partial charge < -0.3 is 9.80 Å². The molecule has 0 spiro atoms. The molecular formula is C18H28N2O2. The quantitative estimate of drug-likeness (QED) is 0.732. The number of likely N-dealkylation sites (tertiary alicyclic amines) is 2. The first-order chi connectivity index (χ1) is 10.7. The molecule has 2 heterocycles. The van der Waals surface area contributed by atoms with Gasteiger partial charge in [0, 0.05) is 38.0 Å². The Morgan fingerprint density at radius 3 is 1.50 bits per heavy atom. The Labute approximate surface area is 133 Å². The molecule has 2 saturated heterocycles. The summed E-state index contributed by atoms with van der Waals surface area (Å²) in [5, 5.41) is 0. The molecule has 4 bridgehead atoms. The Morgan fingerprint density at radius 1 is 0.727 bits per heavy atom. The molecule has 0 unspecified atom stereocenters. The van der Waals surface area contributed by atoms with Gasteiger partial charge in [-0.3, -0.25) is 9.59 Å². The van der Waals surface area contributed by atoms with Crippen LogP contribution in [0.25, 0.3) is 0 Å². The van der Waals surface area contributed by atoms with E-state index >= 15 is 0 Å². The molecule has 0 aromatic rings. The molecule has 0 N–H and O–H groups in total. The van der Waals surface area contributed by atoms with Crippen LogP contribution < -0.4 is 0 Å². The van der Waals surface area contributed by atoms with Crippen LogP contribution in [0.15, 0.2) is 0 Å². The van der Waals surface area contributed by atoms with Crippen molar-refractivity contribution in [3.8, 4) is 0 Å². The van der Waals surface area contributed by atoms with Gasteiger partial charge in [0.2, 0.25) is 11.8 Å². The molecule has 4 aliphatic rings. The van der Waals surface area contributed by atoms with Gasteiger partial charge in [0.1, 0.15) is 0 Å². The van der Waals surface area contributed by atoms with Gasteiger partial charge in [0.15, 0.2) is 0 Å². The molecule has 0 aromatic heterocycles. The maximum Gasteiger partial charge on any atom is 0.222 e. The van der Waals surface area contributed by atoms with Crippen LogP contribution in [-0.4, -0.2) is 46.8 Å². The van der Waals surface area contributed by atoms with Crippen LogP contribution in [-0.2, 0) is 9.59 Å². The summed E-state index contributed by atoms with van der Waals surface area (Å²) in [6.45, 7) is 2.00. The minimum absolute atomic E-state index is 0.333. The van der Waals surface area contributed by atoms with Gasteiger partial charge in [0.05, 0.1) is 0 Å².